The highest BCUT2D eigenvalue weighted by Gasteiger charge is 2.03. The molecule has 2 aromatic rings. The summed E-state index contributed by atoms with van der Waals surface area (Å²) in [4.78, 5) is 0. The number of halogens is 3. The van der Waals surface area contributed by atoms with Gasteiger partial charge < -0.3 is 10.1 Å². The predicted octanol–water partition coefficient (Wildman–Crippen LogP) is 5.25. The molecule has 0 aliphatic carbocycles. The molecule has 0 fully saturated rings. The third-order valence-corrected chi connectivity index (χ3v) is 3.80. The Balaban J connectivity index is 1.81. The second-order valence-electron chi connectivity index (χ2n) is 3.83. The molecule has 2 nitrogen and oxygen atoms in total. The van der Waals surface area contributed by atoms with Crippen LogP contribution in [0.5, 0.6) is 5.75 Å². The minimum Gasteiger partial charge on any atom is -0.492 e. The van der Waals surface area contributed by atoms with Crippen molar-refractivity contribution in [1.29, 1.82) is 0 Å². The van der Waals surface area contributed by atoms with Gasteiger partial charge in [-0.3, -0.25) is 0 Å². The van der Waals surface area contributed by atoms with Crippen molar-refractivity contribution in [2.75, 3.05) is 18.5 Å². The molecule has 100 valence electrons. The smallest absolute Gasteiger partial charge is 0.119 e. The van der Waals surface area contributed by atoms with Crippen LogP contribution in [-0.4, -0.2) is 13.2 Å². The van der Waals surface area contributed by atoms with Gasteiger partial charge in [0.2, 0.25) is 0 Å². The van der Waals surface area contributed by atoms with Crippen LogP contribution >= 0.6 is 39.1 Å². The summed E-state index contributed by atoms with van der Waals surface area (Å²) >= 11 is 15.4. The largest absolute Gasteiger partial charge is 0.492 e. The third kappa shape index (κ3) is 4.30. The first-order valence-electron chi connectivity index (χ1n) is 5.73. The Morgan fingerprint density at radius 3 is 2.53 bits per heavy atom. The van der Waals surface area contributed by atoms with Crippen molar-refractivity contribution in [2.24, 2.45) is 0 Å². The number of ether oxygens (including phenoxy) is 1. The Morgan fingerprint density at radius 1 is 1.05 bits per heavy atom. The van der Waals surface area contributed by atoms with Gasteiger partial charge in [0.1, 0.15) is 12.4 Å². The highest BCUT2D eigenvalue weighted by Crippen LogP contribution is 2.29. The van der Waals surface area contributed by atoms with E-state index in [1.54, 1.807) is 6.07 Å². The summed E-state index contributed by atoms with van der Waals surface area (Å²) in [5, 5.41) is 4.26. The number of hydrogen-bond donors (Lipinski definition) is 1. The maximum Gasteiger partial charge on any atom is 0.119 e. The second kappa shape index (κ2) is 7.04. The zero-order valence-corrected chi connectivity index (χ0v) is 13.1. The van der Waals surface area contributed by atoms with E-state index in [2.05, 4.69) is 21.2 Å². The van der Waals surface area contributed by atoms with Crippen molar-refractivity contribution < 1.29 is 4.74 Å². The maximum absolute atomic E-state index is 6.07. The van der Waals surface area contributed by atoms with Crippen LogP contribution in [0.4, 0.5) is 5.69 Å². The highest BCUT2D eigenvalue weighted by molar-refractivity contribution is 9.10. The molecule has 0 atom stereocenters. The molecule has 2 rings (SSSR count). The van der Waals surface area contributed by atoms with E-state index in [1.165, 1.54) is 0 Å². The number of nitrogens with one attached hydrogen (secondary N) is 1. The van der Waals surface area contributed by atoms with Gasteiger partial charge in [0, 0.05) is 11.0 Å². The molecule has 0 radical (unpaired) electrons. The number of rotatable bonds is 5. The van der Waals surface area contributed by atoms with Crippen LogP contribution < -0.4 is 10.1 Å². The minimum atomic E-state index is 0.535. The number of hydrogen-bond acceptors (Lipinski definition) is 2. The summed E-state index contributed by atoms with van der Waals surface area (Å²) < 4.78 is 6.62. The minimum absolute atomic E-state index is 0.535. The Kier molecular flexibility index (Phi) is 5.37. The summed E-state index contributed by atoms with van der Waals surface area (Å²) in [6.07, 6.45) is 0. The van der Waals surface area contributed by atoms with Crippen molar-refractivity contribution in [3.63, 3.8) is 0 Å². The summed E-state index contributed by atoms with van der Waals surface area (Å²) in [7, 11) is 0. The van der Waals surface area contributed by atoms with Crippen molar-refractivity contribution in [1.82, 2.24) is 0 Å². The summed E-state index contributed by atoms with van der Waals surface area (Å²) in [5.41, 5.74) is 0.813. The first kappa shape index (κ1) is 14.5. The van der Waals surface area contributed by atoms with Crippen molar-refractivity contribution in [3.8, 4) is 5.75 Å². The summed E-state index contributed by atoms with van der Waals surface area (Å²) in [6, 6.07) is 13.2. The van der Waals surface area contributed by atoms with E-state index in [1.807, 2.05) is 36.4 Å². The fraction of sp³-hybridized carbons (Fsp3) is 0.143. The van der Waals surface area contributed by atoms with Crippen LogP contribution in [0.25, 0.3) is 0 Å². The zero-order valence-electron chi connectivity index (χ0n) is 10.00. The molecule has 2 aromatic carbocycles. The predicted molar refractivity (Wildman–Crippen MR) is 84.6 cm³/mol. The van der Waals surface area contributed by atoms with Crippen LogP contribution in [0.15, 0.2) is 46.9 Å². The van der Waals surface area contributed by atoms with E-state index in [9.17, 15) is 0 Å². The van der Waals surface area contributed by atoms with Crippen molar-refractivity contribution in [3.05, 3.63) is 57.0 Å². The van der Waals surface area contributed by atoms with Crippen LogP contribution in [0.1, 0.15) is 0 Å². The summed E-state index contributed by atoms with van der Waals surface area (Å²) in [6.45, 7) is 1.20. The fourth-order valence-corrected chi connectivity index (χ4v) is 2.16. The van der Waals surface area contributed by atoms with Gasteiger partial charge in [-0.1, -0.05) is 45.2 Å². The lowest BCUT2D eigenvalue weighted by Crippen LogP contribution is -2.11. The van der Waals surface area contributed by atoms with Crippen molar-refractivity contribution >= 4 is 44.8 Å². The first-order valence-corrected chi connectivity index (χ1v) is 7.28. The lowest BCUT2D eigenvalue weighted by molar-refractivity contribution is 0.333. The van der Waals surface area contributed by atoms with E-state index in [0.29, 0.717) is 23.2 Å². The molecule has 5 heteroatoms. The second-order valence-corrected chi connectivity index (χ2v) is 5.53. The van der Waals surface area contributed by atoms with Crippen LogP contribution in [0, 0.1) is 0 Å². The Hall–Kier alpha value is -0.900. The maximum atomic E-state index is 6.07. The van der Waals surface area contributed by atoms with Crippen LogP contribution in [0.2, 0.25) is 10.0 Å². The van der Waals surface area contributed by atoms with Gasteiger partial charge in [-0.05, 0) is 36.4 Å². The molecule has 0 saturated carbocycles. The average Bonchev–Trinajstić information content (AvgIpc) is 2.41. The normalized spacial score (nSPS) is 10.3. The van der Waals surface area contributed by atoms with Gasteiger partial charge >= 0.3 is 0 Å². The van der Waals surface area contributed by atoms with E-state index >= 15 is 0 Å². The van der Waals surface area contributed by atoms with Gasteiger partial charge in [0.05, 0.1) is 15.7 Å². The molecule has 0 heterocycles. The third-order valence-electron chi connectivity index (χ3n) is 2.45. The fourth-order valence-electron chi connectivity index (χ4n) is 1.53. The molecular formula is C14H12BrCl2NO. The van der Waals surface area contributed by atoms with E-state index in [4.69, 9.17) is 27.9 Å². The molecule has 0 bridgehead atoms. The molecule has 0 aliphatic rings. The van der Waals surface area contributed by atoms with Crippen molar-refractivity contribution in [2.45, 2.75) is 0 Å². The van der Waals surface area contributed by atoms with Gasteiger partial charge in [-0.15, -0.1) is 0 Å². The molecule has 1 N–H and O–H groups in total. The molecule has 0 saturated heterocycles. The number of anilines is 1. The topological polar surface area (TPSA) is 21.3 Å². The van der Waals surface area contributed by atoms with E-state index in [0.717, 1.165) is 15.9 Å². The molecule has 0 spiro atoms. The number of benzene rings is 2. The lowest BCUT2D eigenvalue weighted by Gasteiger charge is -2.10. The first-order chi connectivity index (χ1) is 9.16. The SMILES string of the molecule is Clc1cccc(NCCOc2ccc(Br)cc2)c1Cl. The van der Waals surface area contributed by atoms with Gasteiger partial charge in [0.25, 0.3) is 0 Å². The highest BCUT2D eigenvalue weighted by atomic mass is 79.9. The van der Waals surface area contributed by atoms with E-state index in [-0.39, 0.29) is 0 Å². The van der Waals surface area contributed by atoms with E-state index < -0.39 is 0 Å². The average molecular weight is 361 g/mol. The van der Waals surface area contributed by atoms with Gasteiger partial charge in [-0.2, -0.15) is 0 Å². The quantitative estimate of drug-likeness (QED) is 0.735. The Labute approximate surface area is 130 Å². The monoisotopic (exact) mass is 359 g/mol. The molecule has 0 aliphatic heterocycles. The Morgan fingerprint density at radius 2 is 1.79 bits per heavy atom. The van der Waals surface area contributed by atoms with Gasteiger partial charge in [0.15, 0.2) is 0 Å². The van der Waals surface area contributed by atoms with Crippen LogP contribution in [-0.2, 0) is 0 Å². The van der Waals surface area contributed by atoms with Crippen LogP contribution in [0.3, 0.4) is 0 Å². The lowest BCUT2D eigenvalue weighted by atomic mass is 10.3. The molecule has 0 unspecified atom stereocenters. The Bertz CT molecular complexity index is 546. The summed E-state index contributed by atoms with van der Waals surface area (Å²) in [5.74, 6) is 0.835. The molecule has 0 aromatic heterocycles. The molecule has 19 heavy (non-hydrogen) atoms. The zero-order chi connectivity index (χ0) is 13.7. The molecule has 0 amide bonds. The standard InChI is InChI=1S/C14H12BrCl2NO/c15-10-4-6-11(7-5-10)19-9-8-18-13-3-1-2-12(16)14(13)17/h1-7,18H,8-9H2. The van der Waals surface area contributed by atoms with Gasteiger partial charge in [-0.25, -0.2) is 0 Å². The molecular weight excluding hydrogens is 349 g/mol.